The Balaban J connectivity index is 1.34. The SMILES string of the molecule is Cc1ccc(Cn2cc(NC(=S)Nc3cc(C)n(Cc4ccc(Cl)cc4)n3)cn2)cc1. The van der Waals surface area contributed by atoms with Crippen molar-refractivity contribution in [1.82, 2.24) is 19.6 Å². The van der Waals surface area contributed by atoms with E-state index in [-0.39, 0.29) is 0 Å². The average Bonchev–Trinajstić information content (AvgIpc) is 3.31. The van der Waals surface area contributed by atoms with Gasteiger partial charge in [0.2, 0.25) is 0 Å². The average molecular weight is 451 g/mol. The summed E-state index contributed by atoms with van der Waals surface area (Å²) in [4.78, 5) is 0. The molecule has 0 amide bonds. The minimum absolute atomic E-state index is 0.464. The Hall–Kier alpha value is -3.16. The first-order valence-electron chi connectivity index (χ1n) is 9.89. The van der Waals surface area contributed by atoms with Crippen LogP contribution in [0.3, 0.4) is 0 Å². The largest absolute Gasteiger partial charge is 0.330 e. The molecule has 0 saturated carbocycles. The molecule has 2 aromatic carbocycles. The van der Waals surface area contributed by atoms with Crippen LogP contribution < -0.4 is 10.6 Å². The molecule has 0 fully saturated rings. The van der Waals surface area contributed by atoms with Crippen LogP contribution in [0.15, 0.2) is 67.0 Å². The lowest BCUT2D eigenvalue weighted by Crippen LogP contribution is -2.19. The van der Waals surface area contributed by atoms with Crippen molar-refractivity contribution in [2.24, 2.45) is 0 Å². The molecule has 31 heavy (non-hydrogen) atoms. The van der Waals surface area contributed by atoms with Gasteiger partial charge in [-0.1, -0.05) is 53.6 Å². The van der Waals surface area contributed by atoms with Crippen molar-refractivity contribution in [3.8, 4) is 0 Å². The van der Waals surface area contributed by atoms with E-state index in [2.05, 4.69) is 52.0 Å². The Labute approximate surface area is 191 Å². The van der Waals surface area contributed by atoms with Crippen LogP contribution in [-0.4, -0.2) is 24.7 Å². The molecular weight excluding hydrogens is 428 g/mol. The maximum absolute atomic E-state index is 5.96. The first kappa shape index (κ1) is 21.1. The Morgan fingerprint density at radius 3 is 2.39 bits per heavy atom. The zero-order valence-electron chi connectivity index (χ0n) is 17.3. The first-order valence-corrected chi connectivity index (χ1v) is 10.7. The van der Waals surface area contributed by atoms with Gasteiger partial charge >= 0.3 is 0 Å². The van der Waals surface area contributed by atoms with Crippen LogP contribution in [0.4, 0.5) is 11.5 Å². The number of thiocarbonyl (C=S) groups is 1. The second kappa shape index (κ2) is 9.32. The fraction of sp³-hybridized carbons (Fsp3) is 0.174. The number of hydrogen-bond donors (Lipinski definition) is 2. The number of rotatable bonds is 6. The van der Waals surface area contributed by atoms with Gasteiger partial charge in [0.15, 0.2) is 10.9 Å². The van der Waals surface area contributed by atoms with Crippen LogP contribution in [0.2, 0.25) is 5.02 Å². The van der Waals surface area contributed by atoms with Gasteiger partial charge in [-0.05, 0) is 49.3 Å². The fourth-order valence-electron chi connectivity index (χ4n) is 3.17. The second-order valence-corrected chi connectivity index (χ2v) is 8.29. The topological polar surface area (TPSA) is 59.7 Å². The van der Waals surface area contributed by atoms with Crippen molar-refractivity contribution in [2.75, 3.05) is 10.6 Å². The van der Waals surface area contributed by atoms with Crippen LogP contribution in [0, 0.1) is 13.8 Å². The van der Waals surface area contributed by atoms with Crippen LogP contribution in [0.5, 0.6) is 0 Å². The van der Waals surface area contributed by atoms with E-state index in [0.29, 0.717) is 24.0 Å². The van der Waals surface area contributed by atoms with Gasteiger partial charge in [-0.3, -0.25) is 9.36 Å². The standard InChI is InChI=1S/C23H23ClN6S/c1-16-3-5-18(6-4-16)13-29-15-21(12-25-29)26-23(31)27-22-11-17(2)30(28-22)14-19-7-9-20(24)10-8-19/h3-12,15H,13-14H2,1-2H3,(H2,26,27,28,31). The molecule has 2 aromatic heterocycles. The Morgan fingerprint density at radius 1 is 0.968 bits per heavy atom. The molecular formula is C23H23ClN6S. The van der Waals surface area contributed by atoms with Crippen LogP contribution in [0.1, 0.15) is 22.4 Å². The van der Waals surface area contributed by atoms with E-state index >= 15 is 0 Å². The highest BCUT2D eigenvalue weighted by Crippen LogP contribution is 2.15. The van der Waals surface area contributed by atoms with E-state index in [0.717, 1.165) is 22.0 Å². The quantitative estimate of drug-likeness (QED) is 0.392. The molecule has 2 N–H and O–H groups in total. The van der Waals surface area contributed by atoms with Crippen LogP contribution >= 0.6 is 23.8 Å². The lowest BCUT2D eigenvalue weighted by molar-refractivity contribution is 0.668. The Kier molecular flexibility index (Phi) is 6.34. The summed E-state index contributed by atoms with van der Waals surface area (Å²) in [5, 5.41) is 16.5. The third-order valence-corrected chi connectivity index (χ3v) is 5.28. The smallest absolute Gasteiger partial charge is 0.176 e. The lowest BCUT2D eigenvalue weighted by Gasteiger charge is -2.07. The molecule has 0 aliphatic rings. The molecule has 0 atom stereocenters. The third-order valence-electron chi connectivity index (χ3n) is 4.82. The normalized spacial score (nSPS) is 10.8. The molecule has 0 spiro atoms. The highest BCUT2D eigenvalue weighted by Gasteiger charge is 2.08. The number of nitrogens with zero attached hydrogens (tertiary/aromatic N) is 4. The minimum atomic E-state index is 0.464. The van der Waals surface area contributed by atoms with E-state index in [4.69, 9.17) is 23.8 Å². The van der Waals surface area contributed by atoms with Crippen molar-refractivity contribution in [1.29, 1.82) is 0 Å². The Morgan fingerprint density at radius 2 is 1.65 bits per heavy atom. The monoisotopic (exact) mass is 450 g/mol. The van der Waals surface area contributed by atoms with E-state index in [1.54, 1.807) is 6.20 Å². The lowest BCUT2D eigenvalue weighted by atomic mass is 10.1. The highest BCUT2D eigenvalue weighted by atomic mass is 35.5. The summed E-state index contributed by atoms with van der Waals surface area (Å²) in [6.45, 7) is 5.46. The molecule has 2 heterocycles. The van der Waals surface area contributed by atoms with Gasteiger partial charge in [0.05, 0.1) is 25.0 Å². The molecule has 6 nitrogen and oxygen atoms in total. The molecule has 0 saturated heterocycles. The molecule has 0 radical (unpaired) electrons. The van der Waals surface area contributed by atoms with Gasteiger partial charge in [0, 0.05) is 23.0 Å². The fourth-order valence-corrected chi connectivity index (χ4v) is 3.52. The predicted octanol–water partition coefficient (Wildman–Crippen LogP) is 5.26. The molecule has 0 bridgehead atoms. The van der Waals surface area contributed by atoms with Crippen molar-refractivity contribution < 1.29 is 0 Å². The highest BCUT2D eigenvalue weighted by molar-refractivity contribution is 7.80. The van der Waals surface area contributed by atoms with E-state index < -0.39 is 0 Å². The minimum Gasteiger partial charge on any atom is -0.330 e. The van der Waals surface area contributed by atoms with Gasteiger partial charge in [-0.2, -0.15) is 10.2 Å². The number of anilines is 2. The summed E-state index contributed by atoms with van der Waals surface area (Å²) < 4.78 is 3.80. The summed E-state index contributed by atoms with van der Waals surface area (Å²) in [6.07, 6.45) is 3.69. The van der Waals surface area contributed by atoms with E-state index in [1.807, 2.05) is 52.8 Å². The number of nitrogens with one attached hydrogen (secondary N) is 2. The maximum atomic E-state index is 5.96. The number of aromatic nitrogens is 4. The summed E-state index contributed by atoms with van der Waals surface area (Å²) in [6, 6.07) is 18.1. The molecule has 0 aliphatic heterocycles. The summed E-state index contributed by atoms with van der Waals surface area (Å²) in [5.74, 6) is 0.691. The van der Waals surface area contributed by atoms with Crippen molar-refractivity contribution >= 4 is 40.4 Å². The molecule has 4 rings (SSSR count). The Bertz CT molecular complexity index is 1180. The first-order chi connectivity index (χ1) is 14.9. The van der Waals surface area contributed by atoms with Crippen LogP contribution in [-0.2, 0) is 13.1 Å². The number of hydrogen-bond acceptors (Lipinski definition) is 3. The van der Waals surface area contributed by atoms with Gasteiger partial charge in [-0.25, -0.2) is 0 Å². The van der Waals surface area contributed by atoms with Crippen molar-refractivity contribution in [3.63, 3.8) is 0 Å². The maximum Gasteiger partial charge on any atom is 0.176 e. The van der Waals surface area contributed by atoms with Gasteiger partial charge < -0.3 is 10.6 Å². The number of benzene rings is 2. The summed E-state index contributed by atoms with van der Waals surface area (Å²) in [5.41, 5.74) is 5.42. The van der Waals surface area contributed by atoms with Gasteiger partial charge in [0.1, 0.15) is 0 Å². The second-order valence-electron chi connectivity index (χ2n) is 7.45. The predicted molar refractivity (Wildman–Crippen MR) is 130 cm³/mol. The van der Waals surface area contributed by atoms with Crippen LogP contribution in [0.25, 0.3) is 0 Å². The third kappa shape index (κ3) is 5.71. The summed E-state index contributed by atoms with van der Waals surface area (Å²) >= 11 is 11.4. The van der Waals surface area contributed by atoms with Gasteiger partial charge in [0.25, 0.3) is 0 Å². The molecule has 0 unspecified atom stereocenters. The zero-order chi connectivity index (χ0) is 21.8. The van der Waals surface area contributed by atoms with Gasteiger partial charge in [-0.15, -0.1) is 0 Å². The van der Waals surface area contributed by atoms with Crippen molar-refractivity contribution in [2.45, 2.75) is 26.9 Å². The number of aryl methyl sites for hydroxylation is 2. The zero-order valence-corrected chi connectivity index (χ0v) is 18.9. The molecule has 8 heteroatoms. The molecule has 158 valence electrons. The van der Waals surface area contributed by atoms with Crippen molar-refractivity contribution in [3.05, 3.63) is 94.4 Å². The summed E-state index contributed by atoms with van der Waals surface area (Å²) in [7, 11) is 0. The molecule has 4 aromatic rings. The van der Waals surface area contributed by atoms with E-state index in [9.17, 15) is 0 Å². The molecule has 0 aliphatic carbocycles. The number of halogens is 1. The van der Waals surface area contributed by atoms with E-state index in [1.165, 1.54) is 11.1 Å².